The van der Waals surface area contributed by atoms with E-state index in [1.54, 1.807) is 36.5 Å². The summed E-state index contributed by atoms with van der Waals surface area (Å²) in [4.78, 5) is 41.8. The first-order chi connectivity index (χ1) is 14.7. The monoisotopic (exact) mass is 392 g/mol. The molecular weight excluding hydrogens is 380 g/mol. The molecule has 2 aromatic rings. The highest BCUT2D eigenvalue weighted by atomic mass is 15.1. The molecule has 0 unspecified atom stereocenters. The Kier molecular flexibility index (Phi) is 3.54. The van der Waals surface area contributed by atoms with Crippen LogP contribution >= 0.6 is 0 Å². The summed E-state index contributed by atoms with van der Waals surface area (Å²) in [5, 5.41) is 0. The van der Waals surface area contributed by atoms with Crippen molar-refractivity contribution in [2.45, 2.75) is 0 Å². The number of aromatic amines is 2. The molecule has 0 radical (unpaired) electrons. The molecule has 0 fully saturated rings. The van der Waals surface area contributed by atoms with Gasteiger partial charge in [-0.3, -0.25) is 0 Å². The average molecular weight is 392 g/mol. The van der Waals surface area contributed by atoms with Gasteiger partial charge in [0.15, 0.2) is 40.8 Å². The van der Waals surface area contributed by atoms with Crippen LogP contribution in [0, 0.1) is 0 Å². The number of hydrogen-bond donors (Lipinski definition) is 2. The topological polar surface area (TPSA) is 135 Å². The van der Waals surface area contributed by atoms with Crippen LogP contribution in [0.15, 0.2) is 12.1 Å². The van der Waals surface area contributed by atoms with Crippen LogP contribution in [0.25, 0.3) is 59.9 Å². The van der Waals surface area contributed by atoms with E-state index < -0.39 is 0 Å². The maximum atomic E-state index is 4.49. The fourth-order valence-corrected chi connectivity index (χ4v) is 3.02. The third-order valence-corrected chi connectivity index (χ3v) is 4.31. The van der Waals surface area contributed by atoms with Crippen molar-refractivity contribution in [2.75, 3.05) is 0 Å². The zero-order chi connectivity index (χ0) is 19.9. The van der Waals surface area contributed by atoms with Gasteiger partial charge >= 0.3 is 0 Å². The zero-order valence-electron chi connectivity index (χ0n) is 15.4. The zero-order valence-corrected chi connectivity index (χ0v) is 15.4. The lowest BCUT2D eigenvalue weighted by atomic mass is 10.5. The van der Waals surface area contributed by atoms with Crippen LogP contribution < -0.4 is 0 Å². The molecular formula is C20H12N10. The van der Waals surface area contributed by atoms with Gasteiger partial charge in [0.25, 0.3) is 0 Å². The van der Waals surface area contributed by atoms with Crippen LogP contribution in [0.3, 0.4) is 0 Å². The minimum absolute atomic E-state index is 0.515. The van der Waals surface area contributed by atoms with E-state index in [2.05, 4.69) is 49.8 Å². The van der Waals surface area contributed by atoms with Crippen LogP contribution in [-0.4, -0.2) is 49.8 Å². The molecule has 6 heterocycles. The van der Waals surface area contributed by atoms with E-state index >= 15 is 0 Å². The van der Waals surface area contributed by atoms with E-state index in [0.717, 1.165) is 5.65 Å². The van der Waals surface area contributed by atoms with E-state index in [9.17, 15) is 0 Å². The lowest BCUT2D eigenvalue weighted by molar-refractivity contribution is 1.03. The van der Waals surface area contributed by atoms with Crippen molar-refractivity contribution < 1.29 is 0 Å². The molecule has 0 saturated heterocycles. The van der Waals surface area contributed by atoms with Crippen molar-refractivity contribution in [1.82, 2.24) is 49.8 Å². The van der Waals surface area contributed by atoms with E-state index in [0.29, 0.717) is 52.2 Å². The van der Waals surface area contributed by atoms with Gasteiger partial charge in [0, 0.05) is 0 Å². The smallest absolute Gasteiger partial charge is 0.156 e. The highest BCUT2D eigenvalue weighted by Crippen LogP contribution is 2.13. The van der Waals surface area contributed by atoms with Gasteiger partial charge in [0.1, 0.15) is 17.1 Å². The molecule has 10 bridgehead atoms. The van der Waals surface area contributed by atoms with E-state index in [-0.39, 0.29) is 0 Å². The summed E-state index contributed by atoms with van der Waals surface area (Å²) in [6, 6.07) is 3.73. The summed E-state index contributed by atoms with van der Waals surface area (Å²) < 4.78 is 0. The summed E-state index contributed by atoms with van der Waals surface area (Å²) in [7, 11) is 0. The molecule has 0 spiro atoms. The molecule has 0 saturated carbocycles. The Morgan fingerprint density at radius 3 is 1.37 bits per heavy atom. The number of aromatic nitrogens is 10. The first kappa shape index (κ1) is 16.4. The molecule has 4 aliphatic heterocycles. The summed E-state index contributed by atoms with van der Waals surface area (Å²) in [5.41, 5.74) is 1.42. The van der Waals surface area contributed by atoms with Gasteiger partial charge in [-0.1, -0.05) is 0 Å². The standard InChI is InChI=1S/C20H12N10/c1-2-12-21-11(1)26-13-3-4-15(22-13)28-17-7-8-19(24-17)30-20-10-9-18(25-20)29-16-6-5-14(23-16)27-12/h1-10H,(H2,21,22,23,24,25,26,27,28,29,30). The third-order valence-electron chi connectivity index (χ3n) is 4.31. The average Bonchev–Trinajstić information content (AvgIpc) is 3.52. The maximum absolute atomic E-state index is 4.49. The van der Waals surface area contributed by atoms with Gasteiger partial charge in [-0.25, -0.2) is 39.9 Å². The van der Waals surface area contributed by atoms with Crippen LogP contribution in [0.1, 0.15) is 46.6 Å². The number of nitrogens with zero attached hydrogens (tertiary/aromatic N) is 8. The fourth-order valence-electron chi connectivity index (χ4n) is 3.02. The van der Waals surface area contributed by atoms with Gasteiger partial charge in [0.05, 0.1) is 0 Å². The Morgan fingerprint density at radius 2 is 0.833 bits per heavy atom. The van der Waals surface area contributed by atoms with Crippen molar-refractivity contribution in [3.8, 4) is 0 Å². The van der Waals surface area contributed by atoms with Crippen LogP contribution in [-0.2, 0) is 0 Å². The Hall–Kier alpha value is -4.60. The Labute approximate surface area is 169 Å². The predicted octanol–water partition coefficient (Wildman–Crippen LogP) is 2.53. The Morgan fingerprint density at radius 1 is 0.400 bits per heavy atom. The molecule has 30 heavy (non-hydrogen) atoms. The number of fused-ring (bicyclic) bond motifs is 10. The van der Waals surface area contributed by atoms with E-state index in [1.807, 2.05) is 24.3 Å². The first-order valence-electron chi connectivity index (χ1n) is 9.13. The summed E-state index contributed by atoms with van der Waals surface area (Å²) >= 11 is 0. The molecule has 10 nitrogen and oxygen atoms in total. The SMILES string of the molecule is C1=Cc2nc1nc1nc(nc3nc([nH]c4ccc(nc5nc(n2)C=C5)[nH]4)C=C3)C=C1. The van der Waals surface area contributed by atoms with Crippen LogP contribution in [0.2, 0.25) is 0 Å². The minimum Gasteiger partial charge on any atom is -0.326 e. The fraction of sp³-hybridized carbons (Fsp3) is 0. The second-order valence-corrected chi connectivity index (χ2v) is 6.50. The number of H-pyrrole nitrogens is 2. The highest BCUT2D eigenvalue weighted by Gasteiger charge is 2.07. The molecule has 0 atom stereocenters. The van der Waals surface area contributed by atoms with Crippen LogP contribution in [0.5, 0.6) is 0 Å². The molecule has 10 heteroatoms. The Bertz CT molecular complexity index is 1350. The van der Waals surface area contributed by atoms with Gasteiger partial charge in [-0.2, -0.15) is 0 Å². The van der Waals surface area contributed by atoms with Crippen LogP contribution in [0.4, 0.5) is 0 Å². The first-order valence-corrected chi connectivity index (χ1v) is 9.13. The molecule has 0 amide bonds. The van der Waals surface area contributed by atoms with Gasteiger partial charge in [0.2, 0.25) is 0 Å². The number of hydrogen-bond acceptors (Lipinski definition) is 8. The Balaban J connectivity index is 1.60. The second kappa shape index (κ2) is 6.48. The summed E-state index contributed by atoms with van der Waals surface area (Å²) in [5.74, 6) is 4.36. The highest BCUT2D eigenvalue weighted by molar-refractivity contribution is 5.72. The molecule has 142 valence electrons. The van der Waals surface area contributed by atoms with Crippen molar-refractivity contribution in [2.24, 2.45) is 0 Å². The predicted molar refractivity (Wildman–Crippen MR) is 112 cm³/mol. The summed E-state index contributed by atoms with van der Waals surface area (Å²) in [6.45, 7) is 0. The molecule has 4 aliphatic rings. The van der Waals surface area contributed by atoms with E-state index in [4.69, 9.17) is 0 Å². The van der Waals surface area contributed by atoms with E-state index in [1.165, 1.54) is 0 Å². The van der Waals surface area contributed by atoms with Gasteiger partial charge in [-0.15, -0.1) is 0 Å². The third kappa shape index (κ3) is 3.22. The lowest BCUT2D eigenvalue weighted by Gasteiger charge is -1.86. The molecule has 2 N–H and O–H groups in total. The van der Waals surface area contributed by atoms with Gasteiger partial charge in [-0.05, 0) is 60.7 Å². The minimum atomic E-state index is 0.515. The number of nitrogens with one attached hydrogen (secondary N) is 2. The molecule has 6 rings (SSSR count). The number of rotatable bonds is 0. The van der Waals surface area contributed by atoms with Gasteiger partial charge < -0.3 is 9.97 Å². The molecule has 2 aromatic heterocycles. The van der Waals surface area contributed by atoms with Crippen molar-refractivity contribution in [3.63, 3.8) is 0 Å². The lowest BCUT2D eigenvalue weighted by Crippen LogP contribution is -1.89. The summed E-state index contributed by atoms with van der Waals surface area (Å²) in [6.07, 6.45) is 14.4. The largest absolute Gasteiger partial charge is 0.326 e. The molecule has 0 aliphatic carbocycles. The molecule has 0 aromatic carbocycles. The second-order valence-electron chi connectivity index (χ2n) is 6.50. The quantitative estimate of drug-likeness (QED) is 0.403. The van der Waals surface area contributed by atoms with Crippen molar-refractivity contribution in [3.05, 3.63) is 58.7 Å². The normalized spacial score (nSPS) is 13.5. The van der Waals surface area contributed by atoms with Crippen molar-refractivity contribution >= 4 is 59.9 Å². The van der Waals surface area contributed by atoms with Crippen molar-refractivity contribution in [1.29, 1.82) is 0 Å². The maximum Gasteiger partial charge on any atom is 0.156 e.